The van der Waals surface area contributed by atoms with Crippen molar-refractivity contribution in [3.8, 4) is 17.2 Å². The highest BCUT2D eigenvalue weighted by Crippen LogP contribution is 2.39. The van der Waals surface area contributed by atoms with Crippen LogP contribution in [0.15, 0.2) is 41.2 Å². The van der Waals surface area contributed by atoms with Gasteiger partial charge in [0.25, 0.3) is 5.56 Å². The molecule has 7 nitrogen and oxygen atoms in total. The predicted molar refractivity (Wildman–Crippen MR) is 114 cm³/mol. The first kappa shape index (κ1) is 20.7. The summed E-state index contributed by atoms with van der Waals surface area (Å²) in [6.45, 7) is 2.12. The SMILES string of the molecule is COc1ccc(CCNC(=O)[C@H](C)n2sc3ccccc3c2=O)c(OC)c1OC. The highest BCUT2D eigenvalue weighted by atomic mass is 32.1. The van der Waals surface area contributed by atoms with Crippen LogP contribution in [0.4, 0.5) is 0 Å². The standard InChI is InChI=1S/C21H24N2O5S/c1-13(23-21(25)15-7-5-6-8-17(15)29-23)20(24)22-12-11-14-9-10-16(26-2)19(28-4)18(14)27-3/h5-10,13H,11-12H2,1-4H3,(H,22,24)/t13-/m0/s1. The van der Waals surface area contributed by atoms with Gasteiger partial charge in [0.15, 0.2) is 11.5 Å². The fourth-order valence-corrected chi connectivity index (χ4v) is 4.22. The summed E-state index contributed by atoms with van der Waals surface area (Å²) in [5.74, 6) is 1.46. The fourth-order valence-electron chi connectivity index (χ4n) is 3.18. The first-order valence-electron chi connectivity index (χ1n) is 9.18. The van der Waals surface area contributed by atoms with E-state index in [2.05, 4.69) is 5.32 Å². The Kier molecular flexibility index (Phi) is 6.43. The lowest BCUT2D eigenvalue weighted by Gasteiger charge is -2.16. The third kappa shape index (κ3) is 4.07. The molecule has 1 N–H and O–H groups in total. The second-order valence-electron chi connectivity index (χ2n) is 6.43. The average molecular weight is 416 g/mol. The number of hydrogen-bond acceptors (Lipinski definition) is 6. The number of hydrogen-bond donors (Lipinski definition) is 1. The number of rotatable bonds is 8. The van der Waals surface area contributed by atoms with Gasteiger partial charge >= 0.3 is 0 Å². The van der Waals surface area contributed by atoms with E-state index >= 15 is 0 Å². The zero-order chi connectivity index (χ0) is 21.0. The number of methoxy groups -OCH3 is 3. The minimum absolute atomic E-state index is 0.144. The highest BCUT2D eigenvalue weighted by molar-refractivity contribution is 7.14. The van der Waals surface area contributed by atoms with Gasteiger partial charge in [-0.1, -0.05) is 29.7 Å². The smallest absolute Gasteiger partial charge is 0.269 e. The van der Waals surface area contributed by atoms with Gasteiger partial charge in [0.05, 0.1) is 31.4 Å². The molecule has 0 bridgehead atoms. The number of carbonyl (C=O) groups excluding carboxylic acids is 1. The van der Waals surface area contributed by atoms with E-state index in [1.165, 1.54) is 15.5 Å². The summed E-state index contributed by atoms with van der Waals surface area (Å²) in [6, 6.07) is 10.5. The quantitative estimate of drug-likeness (QED) is 0.611. The van der Waals surface area contributed by atoms with Gasteiger partial charge in [-0.3, -0.25) is 13.5 Å². The van der Waals surface area contributed by atoms with Crippen LogP contribution in [0.5, 0.6) is 17.2 Å². The van der Waals surface area contributed by atoms with Crippen molar-refractivity contribution in [1.29, 1.82) is 0 Å². The van der Waals surface area contributed by atoms with Gasteiger partial charge in [-0.05, 0) is 31.5 Å². The Hall–Kier alpha value is -3.00. The molecule has 0 radical (unpaired) electrons. The van der Waals surface area contributed by atoms with Gasteiger partial charge in [-0.25, -0.2) is 0 Å². The Labute approximate surface area is 173 Å². The number of fused-ring (bicyclic) bond motifs is 1. The van der Waals surface area contributed by atoms with Crippen LogP contribution in [0.3, 0.4) is 0 Å². The molecule has 0 fully saturated rings. The Morgan fingerprint density at radius 2 is 1.79 bits per heavy atom. The highest BCUT2D eigenvalue weighted by Gasteiger charge is 2.20. The van der Waals surface area contributed by atoms with Gasteiger partial charge in [0.1, 0.15) is 6.04 Å². The molecule has 2 aromatic carbocycles. The average Bonchev–Trinajstić information content (AvgIpc) is 3.09. The van der Waals surface area contributed by atoms with Crippen molar-refractivity contribution >= 4 is 27.5 Å². The van der Waals surface area contributed by atoms with Crippen molar-refractivity contribution < 1.29 is 19.0 Å². The van der Waals surface area contributed by atoms with E-state index in [9.17, 15) is 9.59 Å². The summed E-state index contributed by atoms with van der Waals surface area (Å²) in [5.41, 5.74) is 0.743. The van der Waals surface area contributed by atoms with Crippen LogP contribution in [0.25, 0.3) is 10.1 Å². The number of carbonyl (C=O) groups is 1. The second-order valence-corrected chi connectivity index (χ2v) is 7.44. The molecule has 3 aromatic rings. The number of benzene rings is 2. The predicted octanol–water partition coefficient (Wildman–Crippen LogP) is 3.01. The monoisotopic (exact) mass is 416 g/mol. The molecule has 0 unspecified atom stereocenters. The number of amides is 1. The van der Waals surface area contributed by atoms with Gasteiger partial charge < -0.3 is 19.5 Å². The van der Waals surface area contributed by atoms with Crippen molar-refractivity contribution in [2.45, 2.75) is 19.4 Å². The van der Waals surface area contributed by atoms with Crippen LogP contribution in [-0.4, -0.2) is 37.7 Å². The molecule has 0 spiro atoms. The first-order valence-corrected chi connectivity index (χ1v) is 9.95. The van der Waals surface area contributed by atoms with E-state index in [4.69, 9.17) is 14.2 Å². The van der Waals surface area contributed by atoms with Crippen LogP contribution in [-0.2, 0) is 11.2 Å². The normalized spacial score (nSPS) is 11.9. The zero-order valence-corrected chi connectivity index (χ0v) is 17.7. The van der Waals surface area contributed by atoms with Crippen molar-refractivity contribution in [1.82, 2.24) is 9.27 Å². The topological polar surface area (TPSA) is 78.8 Å². The van der Waals surface area contributed by atoms with Crippen LogP contribution in [0.1, 0.15) is 18.5 Å². The van der Waals surface area contributed by atoms with Gasteiger partial charge in [-0.2, -0.15) is 0 Å². The molecule has 0 aliphatic rings. The Balaban J connectivity index is 1.69. The molecule has 0 aliphatic carbocycles. The molecular weight excluding hydrogens is 392 g/mol. The first-order chi connectivity index (χ1) is 14.0. The van der Waals surface area contributed by atoms with E-state index < -0.39 is 6.04 Å². The van der Waals surface area contributed by atoms with Gasteiger partial charge in [-0.15, -0.1) is 0 Å². The summed E-state index contributed by atoms with van der Waals surface area (Å²) >= 11 is 1.30. The maximum absolute atomic E-state index is 12.6. The summed E-state index contributed by atoms with van der Waals surface area (Å²) in [4.78, 5) is 25.1. The number of nitrogens with zero attached hydrogens (tertiary/aromatic N) is 1. The molecule has 154 valence electrons. The Morgan fingerprint density at radius 3 is 2.45 bits per heavy atom. The van der Waals surface area contributed by atoms with Crippen molar-refractivity contribution in [3.63, 3.8) is 0 Å². The second kappa shape index (κ2) is 9.00. The lowest BCUT2D eigenvalue weighted by atomic mass is 10.1. The molecule has 0 saturated heterocycles. The molecule has 0 saturated carbocycles. The molecule has 0 aliphatic heterocycles. The van der Waals surface area contributed by atoms with Gasteiger partial charge in [0.2, 0.25) is 11.7 Å². The summed E-state index contributed by atoms with van der Waals surface area (Å²) < 4.78 is 18.5. The minimum Gasteiger partial charge on any atom is -0.493 e. The van der Waals surface area contributed by atoms with E-state index in [-0.39, 0.29) is 11.5 Å². The molecule has 1 aromatic heterocycles. The van der Waals surface area contributed by atoms with Crippen LogP contribution < -0.4 is 25.1 Å². The van der Waals surface area contributed by atoms with Crippen molar-refractivity contribution in [2.24, 2.45) is 0 Å². The largest absolute Gasteiger partial charge is 0.493 e. The number of nitrogens with one attached hydrogen (secondary N) is 1. The summed E-state index contributed by atoms with van der Waals surface area (Å²) in [5, 5.41) is 3.53. The Morgan fingerprint density at radius 1 is 1.07 bits per heavy atom. The van der Waals surface area contributed by atoms with Gasteiger partial charge in [0, 0.05) is 12.1 Å². The third-order valence-corrected chi connectivity index (χ3v) is 5.96. The number of aromatic nitrogens is 1. The molecule has 1 atom stereocenters. The lowest BCUT2D eigenvalue weighted by Crippen LogP contribution is -2.34. The molecule has 3 rings (SSSR count). The minimum atomic E-state index is -0.591. The molecule has 1 heterocycles. The van der Waals surface area contributed by atoms with E-state index in [1.807, 2.05) is 24.3 Å². The van der Waals surface area contributed by atoms with Crippen molar-refractivity contribution in [2.75, 3.05) is 27.9 Å². The maximum Gasteiger partial charge on any atom is 0.269 e. The summed E-state index contributed by atoms with van der Waals surface area (Å²) in [7, 11) is 4.68. The molecule has 29 heavy (non-hydrogen) atoms. The third-order valence-electron chi connectivity index (χ3n) is 4.72. The molecule has 1 amide bonds. The fraction of sp³-hybridized carbons (Fsp3) is 0.333. The van der Waals surface area contributed by atoms with Crippen LogP contribution in [0, 0.1) is 0 Å². The zero-order valence-electron chi connectivity index (χ0n) is 16.9. The molecule has 8 heteroatoms. The number of ether oxygens (including phenoxy) is 3. The molecular formula is C21H24N2O5S. The van der Waals surface area contributed by atoms with Crippen LogP contribution >= 0.6 is 11.5 Å². The van der Waals surface area contributed by atoms with Crippen LogP contribution in [0.2, 0.25) is 0 Å². The summed E-state index contributed by atoms with van der Waals surface area (Å²) in [6.07, 6.45) is 0.545. The van der Waals surface area contributed by atoms with E-state index in [1.54, 1.807) is 40.4 Å². The Bertz CT molecular complexity index is 1070. The van der Waals surface area contributed by atoms with E-state index in [0.717, 1.165) is 10.3 Å². The van der Waals surface area contributed by atoms with Crippen molar-refractivity contribution in [3.05, 3.63) is 52.3 Å². The maximum atomic E-state index is 12.6. The lowest BCUT2D eigenvalue weighted by molar-refractivity contribution is -0.123. The van der Waals surface area contributed by atoms with E-state index in [0.29, 0.717) is 35.6 Å².